The third kappa shape index (κ3) is 5.90. The zero-order valence-electron chi connectivity index (χ0n) is 22.0. The van der Waals surface area contributed by atoms with Crippen molar-refractivity contribution >= 4 is 24.4 Å². The van der Waals surface area contributed by atoms with E-state index in [1.165, 1.54) is 55.6 Å². The van der Waals surface area contributed by atoms with Gasteiger partial charge in [-0.05, 0) is 97.2 Å². The summed E-state index contributed by atoms with van der Waals surface area (Å²) in [7, 11) is 0. The first-order valence-corrected chi connectivity index (χ1v) is 23.7. The van der Waals surface area contributed by atoms with Gasteiger partial charge in [-0.1, -0.05) is 102 Å². The monoisotopic (exact) mass is 678 g/mol. The van der Waals surface area contributed by atoms with Crippen molar-refractivity contribution in [2.24, 2.45) is 0 Å². The van der Waals surface area contributed by atoms with Crippen molar-refractivity contribution in [1.82, 2.24) is 0 Å². The molecule has 184 valence electrons. The number of rotatable bonds is 2. The van der Waals surface area contributed by atoms with Gasteiger partial charge in [0.05, 0.1) is 0 Å². The van der Waals surface area contributed by atoms with Crippen LogP contribution in [-0.2, 0) is 35.8 Å². The first-order chi connectivity index (χ1) is 17.0. The predicted octanol–water partition coefficient (Wildman–Crippen LogP) is 10.9. The number of halogens is 2. The Bertz CT molecular complexity index is 1240. The molecule has 0 saturated heterocycles. The van der Waals surface area contributed by atoms with Crippen LogP contribution in [0.4, 0.5) is 0 Å². The number of benzene rings is 4. The van der Waals surface area contributed by atoms with Crippen molar-refractivity contribution in [2.75, 3.05) is 0 Å². The van der Waals surface area contributed by atoms with E-state index in [1.807, 2.05) is 0 Å². The van der Waals surface area contributed by atoms with E-state index >= 15 is 0 Å². The molecule has 0 aliphatic heterocycles. The molecule has 0 radical (unpaired) electrons. The molecule has 1 aliphatic carbocycles. The molecular formula is C33H34Br2Zr. The van der Waals surface area contributed by atoms with Crippen molar-refractivity contribution in [1.29, 1.82) is 0 Å². The molecule has 4 aromatic carbocycles. The molecule has 3 heteroatoms. The summed E-state index contributed by atoms with van der Waals surface area (Å²) in [5.74, 6) is 0. The van der Waals surface area contributed by atoms with Gasteiger partial charge >= 0.3 is 43.0 Å². The molecule has 0 spiro atoms. The molecule has 0 atom stereocenters. The molecule has 0 N–H and O–H groups in total. The van der Waals surface area contributed by atoms with Crippen molar-refractivity contribution in [3.63, 3.8) is 0 Å². The van der Waals surface area contributed by atoms with Gasteiger partial charge in [0.1, 0.15) is 0 Å². The van der Waals surface area contributed by atoms with Crippen molar-refractivity contribution in [3.05, 3.63) is 107 Å². The van der Waals surface area contributed by atoms with E-state index < -0.39 is 0 Å². The van der Waals surface area contributed by atoms with Gasteiger partial charge in [-0.25, -0.2) is 0 Å². The van der Waals surface area contributed by atoms with Crippen molar-refractivity contribution in [2.45, 2.75) is 58.8 Å². The molecule has 4 aromatic rings. The third-order valence-corrected chi connectivity index (χ3v) is 6.94. The van der Waals surface area contributed by atoms with E-state index in [2.05, 4.69) is 151 Å². The number of hydrogen-bond acceptors (Lipinski definition) is 0. The fraction of sp³-hybridized carbons (Fsp3) is 0.273. The molecule has 0 heterocycles. The topological polar surface area (TPSA) is 0 Å². The van der Waals surface area contributed by atoms with E-state index in [9.17, 15) is 0 Å². The maximum atomic E-state index is 3.23. The molecule has 0 fully saturated rings. The van der Waals surface area contributed by atoms with E-state index in [0.717, 1.165) is 6.42 Å². The molecule has 0 bridgehead atoms. The van der Waals surface area contributed by atoms with Crippen LogP contribution < -0.4 is 0 Å². The fourth-order valence-corrected chi connectivity index (χ4v) is 5.24. The molecule has 0 unspecified atom stereocenters. The second-order valence-electron chi connectivity index (χ2n) is 11.6. The minimum absolute atomic E-state index is 0.0692. The summed E-state index contributed by atoms with van der Waals surface area (Å²) in [6.45, 7) is 14.0. The van der Waals surface area contributed by atoms with Gasteiger partial charge in [0.2, 0.25) is 0 Å². The average molecular weight is 682 g/mol. The average Bonchev–Trinajstić information content (AvgIpc) is 3.20. The second kappa shape index (κ2) is 11.2. The van der Waals surface area contributed by atoms with Crippen LogP contribution in [0.15, 0.2) is 84.9 Å². The first-order valence-electron chi connectivity index (χ1n) is 12.5. The second-order valence-corrected chi connectivity index (χ2v) is 22.9. The van der Waals surface area contributed by atoms with Crippen molar-refractivity contribution in [3.8, 4) is 33.4 Å². The Labute approximate surface area is 240 Å². The molecule has 36 heavy (non-hydrogen) atoms. The van der Waals surface area contributed by atoms with Crippen LogP contribution in [0.1, 0.15) is 63.8 Å². The van der Waals surface area contributed by atoms with Gasteiger partial charge < -0.3 is 0 Å². The Morgan fingerprint density at radius 2 is 0.861 bits per heavy atom. The van der Waals surface area contributed by atoms with Crippen LogP contribution in [0.3, 0.4) is 0 Å². The Kier molecular flexibility index (Phi) is 8.65. The summed E-state index contributed by atoms with van der Waals surface area (Å²) in [5, 5.41) is 0. The zero-order chi connectivity index (χ0) is 26.1. The standard InChI is InChI=1S/C33H34.2BrH.Zr/c1-32(2,3)30-20-26-24(18-28(30)22-13-9-7-10-14-22)17-25-19-29(23-15-11-8-12-16-23)31(21-27(25)26)33(4,5)6;;;/h7-16,18-21H,17H2,1-6H3;2*1H;/q;;;+2/p-2. The summed E-state index contributed by atoms with van der Waals surface area (Å²) in [6.07, 6.45) is 0.999. The first kappa shape index (κ1) is 27.7. The normalized spacial score (nSPS) is 12.3. The SMILES string of the molecule is CC(C)(C)c1cc2c(cc1-c1ccccc1)Cc1cc(-c3ccccc3)c(C(C)(C)C)cc1-2.[Br][Zr][Br]. The zero-order valence-corrected chi connectivity index (χ0v) is 27.7. The number of fused-ring (bicyclic) bond motifs is 3. The van der Waals surface area contributed by atoms with Gasteiger partial charge in [-0.3, -0.25) is 0 Å². The van der Waals surface area contributed by atoms with Crippen LogP contribution in [0, 0.1) is 0 Å². The summed E-state index contributed by atoms with van der Waals surface area (Å²) < 4.78 is 0. The Morgan fingerprint density at radius 1 is 0.528 bits per heavy atom. The van der Waals surface area contributed by atoms with Gasteiger partial charge in [0.15, 0.2) is 0 Å². The van der Waals surface area contributed by atoms with E-state index in [1.54, 1.807) is 0 Å². The van der Waals surface area contributed by atoms with Crippen molar-refractivity contribution < 1.29 is 18.5 Å². The van der Waals surface area contributed by atoms with Gasteiger partial charge in [0.25, 0.3) is 0 Å². The van der Waals surface area contributed by atoms with E-state index in [0.29, 0.717) is 0 Å². The number of hydrogen-bond donors (Lipinski definition) is 0. The fourth-order valence-electron chi connectivity index (χ4n) is 5.24. The third-order valence-electron chi connectivity index (χ3n) is 6.94. The molecule has 0 aromatic heterocycles. The summed E-state index contributed by atoms with van der Waals surface area (Å²) in [4.78, 5) is 0. The van der Waals surface area contributed by atoms with Crippen LogP contribution in [0.5, 0.6) is 0 Å². The van der Waals surface area contributed by atoms with Gasteiger partial charge in [0, 0.05) is 0 Å². The molecule has 0 saturated carbocycles. The van der Waals surface area contributed by atoms with E-state index in [-0.39, 0.29) is 29.4 Å². The molecule has 5 rings (SSSR count). The van der Waals surface area contributed by atoms with Gasteiger partial charge in [-0.15, -0.1) is 0 Å². The molecule has 0 amide bonds. The van der Waals surface area contributed by atoms with Gasteiger partial charge in [-0.2, -0.15) is 0 Å². The van der Waals surface area contributed by atoms with Crippen LogP contribution >= 0.6 is 24.4 Å². The Hall–Kier alpha value is -1.28. The minimum atomic E-state index is -0.145. The van der Waals surface area contributed by atoms with Crippen LogP contribution in [0.25, 0.3) is 33.4 Å². The molecule has 1 aliphatic rings. The predicted molar refractivity (Wildman–Crippen MR) is 161 cm³/mol. The summed E-state index contributed by atoms with van der Waals surface area (Å²) in [5.41, 5.74) is 14.1. The molecular weight excluding hydrogens is 647 g/mol. The summed E-state index contributed by atoms with van der Waals surface area (Å²) in [6, 6.07) is 31.6. The Balaban J connectivity index is 0.000000967. The maximum absolute atomic E-state index is 3.23. The van der Waals surface area contributed by atoms with Crippen LogP contribution in [0.2, 0.25) is 0 Å². The summed E-state index contributed by atoms with van der Waals surface area (Å²) >= 11 is 6.32. The van der Waals surface area contributed by atoms with E-state index in [4.69, 9.17) is 0 Å². The Morgan fingerprint density at radius 3 is 1.17 bits per heavy atom. The molecule has 0 nitrogen and oxygen atoms in total. The quantitative estimate of drug-likeness (QED) is 0.174. The van der Waals surface area contributed by atoms with Crippen LogP contribution in [-0.4, -0.2) is 0 Å².